The summed E-state index contributed by atoms with van der Waals surface area (Å²) in [7, 11) is 0. The van der Waals surface area contributed by atoms with Crippen molar-refractivity contribution < 1.29 is 5.11 Å². The van der Waals surface area contributed by atoms with Crippen molar-refractivity contribution in [1.29, 1.82) is 0 Å². The summed E-state index contributed by atoms with van der Waals surface area (Å²) in [5.41, 5.74) is 7.45. The smallest absolute Gasteiger partial charge is 0.0746 e. The van der Waals surface area contributed by atoms with Gasteiger partial charge in [-0.25, -0.2) is 0 Å². The number of fused-ring (bicyclic) bond motifs is 3. The number of hydrogen-bond acceptors (Lipinski definition) is 3. The summed E-state index contributed by atoms with van der Waals surface area (Å²) in [6.07, 6.45) is 1.97. The van der Waals surface area contributed by atoms with E-state index in [1.165, 1.54) is 5.56 Å². The van der Waals surface area contributed by atoms with Crippen LogP contribution in [0.25, 0.3) is 0 Å². The van der Waals surface area contributed by atoms with E-state index < -0.39 is 0 Å². The van der Waals surface area contributed by atoms with Gasteiger partial charge in [-0.05, 0) is 24.3 Å². The Bertz CT molecular complexity index is 379. The lowest BCUT2D eigenvalue weighted by atomic mass is 9.74. The summed E-state index contributed by atoms with van der Waals surface area (Å²) in [6.45, 7) is 1.96. The zero-order valence-electron chi connectivity index (χ0n) is 10.00. The molecular weight excluding hydrogens is 212 g/mol. The second kappa shape index (κ2) is 4.41. The number of rotatable bonds is 2. The molecule has 3 fully saturated rings. The molecule has 0 unspecified atom stereocenters. The zero-order valence-corrected chi connectivity index (χ0v) is 10.00. The van der Waals surface area contributed by atoms with Crippen LogP contribution in [-0.2, 0) is 6.54 Å². The van der Waals surface area contributed by atoms with Crippen molar-refractivity contribution >= 4 is 0 Å². The fourth-order valence-corrected chi connectivity index (χ4v) is 3.35. The van der Waals surface area contributed by atoms with E-state index in [-0.39, 0.29) is 12.1 Å². The maximum atomic E-state index is 10.0. The Labute approximate surface area is 102 Å². The van der Waals surface area contributed by atoms with E-state index in [1.54, 1.807) is 0 Å². The number of aliphatic hydroxyl groups is 1. The van der Waals surface area contributed by atoms with Crippen LogP contribution >= 0.6 is 0 Å². The molecule has 3 N–H and O–H groups in total. The lowest BCUT2D eigenvalue weighted by Crippen LogP contribution is -2.65. The van der Waals surface area contributed by atoms with Crippen LogP contribution < -0.4 is 5.73 Å². The Morgan fingerprint density at radius 2 is 2.00 bits per heavy atom. The highest BCUT2D eigenvalue weighted by molar-refractivity contribution is 5.15. The molecule has 4 atom stereocenters. The van der Waals surface area contributed by atoms with Gasteiger partial charge >= 0.3 is 0 Å². The highest BCUT2D eigenvalue weighted by atomic mass is 16.3. The van der Waals surface area contributed by atoms with E-state index in [9.17, 15) is 5.11 Å². The number of nitrogens with two attached hydrogens (primary N) is 1. The quantitative estimate of drug-likeness (QED) is 0.799. The van der Waals surface area contributed by atoms with E-state index in [0.29, 0.717) is 12.0 Å². The van der Waals surface area contributed by atoms with Crippen molar-refractivity contribution in [3.8, 4) is 0 Å². The summed E-state index contributed by atoms with van der Waals surface area (Å²) in [5.74, 6) is 0.374. The first-order valence-electron chi connectivity index (χ1n) is 6.47. The Balaban J connectivity index is 1.74. The molecular formula is C14H20N2O. The number of piperidine rings is 2. The van der Waals surface area contributed by atoms with Gasteiger partial charge in [0.1, 0.15) is 0 Å². The fourth-order valence-electron chi connectivity index (χ4n) is 3.35. The summed E-state index contributed by atoms with van der Waals surface area (Å²) in [4.78, 5) is 2.45. The molecule has 92 valence electrons. The Morgan fingerprint density at radius 3 is 2.71 bits per heavy atom. The van der Waals surface area contributed by atoms with Crippen LogP contribution in [0.15, 0.2) is 30.3 Å². The molecule has 0 amide bonds. The van der Waals surface area contributed by atoms with E-state index in [0.717, 1.165) is 25.9 Å². The lowest BCUT2D eigenvalue weighted by molar-refractivity contribution is -0.0690. The van der Waals surface area contributed by atoms with Crippen LogP contribution in [-0.4, -0.2) is 34.7 Å². The van der Waals surface area contributed by atoms with E-state index in [1.807, 2.05) is 6.07 Å². The third-order valence-electron chi connectivity index (χ3n) is 4.32. The molecule has 17 heavy (non-hydrogen) atoms. The molecule has 4 rings (SSSR count). The van der Waals surface area contributed by atoms with Gasteiger partial charge in [0.05, 0.1) is 6.10 Å². The van der Waals surface area contributed by atoms with Crippen LogP contribution in [0.2, 0.25) is 0 Å². The third-order valence-corrected chi connectivity index (χ3v) is 4.32. The third kappa shape index (κ3) is 1.99. The van der Waals surface area contributed by atoms with Crippen molar-refractivity contribution in [2.45, 2.75) is 37.6 Å². The molecule has 3 nitrogen and oxygen atoms in total. The largest absolute Gasteiger partial charge is 0.391 e. The number of hydrogen-bond donors (Lipinski definition) is 2. The molecule has 1 aliphatic carbocycles. The van der Waals surface area contributed by atoms with Crippen LogP contribution in [0, 0.1) is 5.92 Å². The van der Waals surface area contributed by atoms with Crippen molar-refractivity contribution in [1.82, 2.24) is 4.90 Å². The molecule has 2 aliphatic heterocycles. The lowest BCUT2D eigenvalue weighted by Gasteiger charge is -2.51. The van der Waals surface area contributed by atoms with Gasteiger partial charge in [-0.1, -0.05) is 30.3 Å². The standard InChI is InChI=1S/C14H20N2O/c15-13-12-7-6-11(14(13)17)9-16(12)8-10-4-2-1-3-5-10/h1-5,11-14,17H,6-9,15H2/t11-,12+,13-,14+/m0/s1. The zero-order chi connectivity index (χ0) is 11.8. The van der Waals surface area contributed by atoms with Crippen molar-refractivity contribution in [2.24, 2.45) is 11.7 Å². The van der Waals surface area contributed by atoms with Crippen molar-refractivity contribution in [3.05, 3.63) is 35.9 Å². The molecule has 3 aliphatic rings. The van der Waals surface area contributed by atoms with Gasteiger partial charge < -0.3 is 10.8 Å². The fraction of sp³-hybridized carbons (Fsp3) is 0.571. The maximum absolute atomic E-state index is 10.0. The number of nitrogens with zero attached hydrogens (tertiary/aromatic N) is 1. The Kier molecular flexibility index (Phi) is 2.90. The number of aliphatic hydroxyl groups excluding tert-OH is 1. The van der Waals surface area contributed by atoms with Gasteiger partial charge in [0.2, 0.25) is 0 Å². The van der Waals surface area contributed by atoms with Gasteiger partial charge in [-0.15, -0.1) is 0 Å². The molecule has 0 radical (unpaired) electrons. The van der Waals surface area contributed by atoms with Gasteiger partial charge in [-0.3, -0.25) is 4.90 Å². The Morgan fingerprint density at radius 1 is 1.24 bits per heavy atom. The average Bonchev–Trinajstić information content (AvgIpc) is 2.36. The molecule has 1 aromatic rings. The van der Waals surface area contributed by atoms with Gasteiger partial charge in [0.25, 0.3) is 0 Å². The summed E-state index contributed by atoms with van der Waals surface area (Å²) in [5, 5.41) is 10.0. The molecule has 2 heterocycles. The monoisotopic (exact) mass is 232 g/mol. The van der Waals surface area contributed by atoms with Gasteiger partial charge in [-0.2, -0.15) is 0 Å². The first-order chi connectivity index (χ1) is 8.25. The normalized spacial score (nSPS) is 37.3. The molecule has 2 bridgehead atoms. The first-order valence-corrected chi connectivity index (χ1v) is 6.47. The van der Waals surface area contributed by atoms with Crippen molar-refractivity contribution in [3.63, 3.8) is 0 Å². The molecule has 3 heteroatoms. The second-order valence-corrected chi connectivity index (χ2v) is 5.39. The van der Waals surface area contributed by atoms with E-state index in [4.69, 9.17) is 5.73 Å². The number of benzene rings is 1. The highest BCUT2D eigenvalue weighted by Gasteiger charge is 2.44. The minimum atomic E-state index is -0.291. The minimum Gasteiger partial charge on any atom is -0.391 e. The van der Waals surface area contributed by atoms with Gasteiger partial charge in [0.15, 0.2) is 0 Å². The maximum Gasteiger partial charge on any atom is 0.0746 e. The van der Waals surface area contributed by atoms with Crippen LogP contribution in [0.4, 0.5) is 0 Å². The average molecular weight is 232 g/mol. The van der Waals surface area contributed by atoms with Gasteiger partial charge in [0, 0.05) is 25.2 Å². The van der Waals surface area contributed by atoms with E-state index >= 15 is 0 Å². The molecule has 2 saturated heterocycles. The molecule has 1 saturated carbocycles. The second-order valence-electron chi connectivity index (χ2n) is 5.39. The first kappa shape index (κ1) is 11.2. The molecule has 1 aromatic carbocycles. The van der Waals surface area contributed by atoms with Crippen molar-refractivity contribution in [2.75, 3.05) is 6.54 Å². The van der Waals surface area contributed by atoms with E-state index in [2.05, 4.69) is 29.2 Å². The summed E-state index contributed by atoms with van der Waals surface area (Å²) < 4.78 is 0. The van der Waals surface area contributed by atoms with Crippen LogP contribution in [0.3, 0.4) is 0 Å². The minimum absolute atomic E-state index is 0.0637. The summed E-state index contributed by atoms with van der Waals surface area (Å²) >= 11 is 0. The Hall–Kier alpha value is -0.900. The van der Waals surface area contributed by atoms with Crippen LogP contribution in [0.1, 0.15) is 18.4 Å². The topological polar surface area (TPSA) is 49.5 Å². The SMILES string of the molecule is N[C@@H]1[C@H](O)[C@H]2CC[C@H]1N(Cc1ccccc1)C2. The predicted molar refractivity (Wildman–Crippen MR) is 67.3 cm³/mol. The molecule has 0 spiro atoms. The molecule has 0 aromatic heterocycles. The van der Waals surface area contributed by atoms with Crippen LogP contribution in [0.5, 0.6) is 0 Å². The summed E-state index contributed by atoms with van der Waals surface area (Å²) in [6, 6.07) is 10.8. The highest BCUT2D eigenvalue weighted by Crippen LogP contribution is 2.35. The predicted octanol–water partition coefficient (Wildman–Crippen LogP) is 0.969.